The lowest BCUT2D eigenvalue weighted by Gasteiger charge is -2.18. The van der Waals surface area contributed by atoms with E-state index < -0.39 is 0 Å². The maximum Gasteiger partial charge on any atom is 0.185 e. The Bertz CT molecular complexity index is 340. The summed E-state index contributed by atoms with van der Waals surface area (Å²) in [6, 6.07) is 0. The number of rotatable bonds is 4. The molecule has 2 rings (SSSR count). The summed E-state index contributed by atoms with van der Waals surface area (Å²) in [7, 11) is 0. The fourth-order valence-corrected chi connectivity index (χ4v) is 3.29. The molecule has 0 bridgehead atoms. The zero-order valence-electron chi connectivity index (χ0n) is 11.0. The molecule has 2 heterocycles. The molecule has 1 aliphatic rings. The average molecular weight is 253 g/mol. The van der Waals surface area contributed by atoms with E-state index in [0.29, 0.717) is 0 Å². The zero-order chi connectivity index (χ0) is 12.1. The minimum Gasteiger partial charge on any atom is -0.348 e. The van der Waals surface area contributed by atoms with Gasteiger partial charge in [0.2, 0.25) is 0 Å². The molecule has 17 heavy (non-hydrogen) atoms. The van der Waals surface area contributed by atoms with Gasteiger partial charge in [-0.2, -0.15) is 0 Å². The van der Waals surface area contributed by atoms with Gasteiger partial charge in [-0.15, -0.1) is 11.3 Å². The number of nitrogens with one attached hydrogen (secondary N) is 1. The molecule has 96 valence electrons. The van der Waals surface area contributed by atoms with Crippen LogP contribution < -0.4 is 10.2 Å². The first-order valence-electron chi connectivity index (χ1n) is 6.73. The highest BCUT2D eigenvalue weighted by molar-refractivity contribution is 7.15. The molecule has 4 heteroatoms. The molecular formula is C13H23N3S. The predicted octanol–water partition coefficient (Wildman–Crippen LogP) is 2.94. The summed E-state index contributed by atoms with van der Waals surface area (Å²) in [6.45, 7) is 8.64. The van der Waals surface area contributed by atoms with Crippen molar-refractivity contribution in [2.45, 2.75) is 46.1 Å². The molecule has 0 unspecified atom stereocenters. The van der Waals surface area contributed by atoms with E-state index in [0.717, 1.165) is 13.1 Å². The third kappa shape index (κ3) is 3.42. The van der Waals surface area contributed by atoms with E-state index >= 15 is 0 Å². The van der Waals surface area contributed by atoms with Gasteiger partial charge in [0.25, 0.3) is 0 Å². The Labute approximate surface area is 108 Å². The number of thiazole rings is 1. The lowest BCUT2D eigenvalue weighted by Crippen LogP contribution is -2.23. The Kier molecular flexibility index (Phi) is 4.80. The van der Waals surface area contributed by atoms with Crippen molar-refractivity contribution >= 4 is 16.5 Å². The Morgan fingerprint density at radius 2 is 1.94 bits per heavy atom. The second-order valence-corrected chi connectivity index (χ2v) is 5.75. The van der Waals surface area contributed by atoms with Gasteiger partial charge < -0.3 is 10.2 Å². The topological polar surface area (TPSA) is 28.2 Å². The highest BCUT2D eigenvalue weighted by Crippen LogP contribution is 2.27. The van der Waals surface area contributed by atoms with Crippen molar-refractivity contribution in [3.8, 4) is 0 Å². The number of anilines is 1. The number of hydrogen-bond donors (Lipinski definition) is 1. The molecule has 3 nitrogen and oxygen atoms in total. The first-order chi connectivity index (χ1) is 8.31. The van der Waals surface area contributed by atoms with Gasteiger partial charge in [-0.1, -0.05) is 19.8 Å². The van der Waals surface area contributed by atoms with Crippen LogP contribution in [0, 0.1) is 6.92 Å². The maximum atomic E-state index is 4.73. The van der Waals surface area contributed by atoms with Crippen LogP contribution in [0.25, 0.3) is 0 Å². The molecule has 1 aromatic rings. The van der Waals surface area contributed by atoms with Gasteiger partial charge in [0, 0.05) is 24.5 Å². The number of nitrogens with zero attached hydrogens (tertiary/aromatic N) is 2. The third-order valence-corrected chi connectivity index (χ3v) is 4.51. The highest BCUT2D eigenvalue weighted by Gasteiger charge is 2.15. The Morgan fingerprint density at radius 1 is 1.24 bits per heavy atom. The molecule has 1 N–H and O–H groups in total. The molecule has 1 aromatic heterocycles. The molecule has 1 aliphatic heterocycles. The molecule has 0 spiro atoms. The summed E-state index contributed by atoms with van der Waals surface area (Å²) in [5, 5.41) is 4.62. The number of hydrogen-bond acceptors (Lipinski definition) is 4. The van der Waals surface area contributed by atoms with Crippen molar-refractivity contribution < 1.29 is 0 Å². The first-order valence-corrected chi connectivity index (χ1v) is 7.55. The van der Waals surface area contributed by atoms with Crippen LogP contribution in [0.4, 0.5) is 5.13 Å². The quantitative estimate of drug-likeness (QED) is 0.894. The Balaban J connectivity index is 2.04. The van der Waals surface area contributed by atoms with Crippen LogP contribution in [0.15, 0.2) is 0 Å². The van der Waals surface area contributed by atoms with Crippen LogP contribution in [0.5, 0.6) is 0 Å². The van der Waals surface area contributed by atoms with Crippen LogP contribution >= 0.6 is 11.3 Å². The smallest absolute Gasteiger partial charge is 0.185 e. The minimum atomic E-state index is 0.966. The second-order valence-electron chi connectivity index (χ2n) is 4.69. The molecule has 1 saturated heterocycles. The summed E-state index contributed by atoms with van der Waals surface area (Å²) in [4.78, 5) is 8.60. The summed E-state index contributed by atoms with van der Waals surface area (Å²) in [5.74, 6) is 0. The number of aryl methyl sites for hydroxylation is 1. The van der Waals surface area contributed by atoms with E-state index in [2.05, 4.69) is 24.1 Å². The molecule has 0 aromatic carbocycles. The molecule has 0 amide bonds. The molecule has 1 fully saturated rings. The molecule has 0 radical (unpaired) electrons. The summed E-state index contributed by atoms with van der Waals surface area (Å²) < 4.78 is 0. The monoisotopic (exact) mass is 253 g/mol. The van der Waals surface area contributed by atoms with E-state index in [-0.39, 0.29) is 0 Å². The lowest BCUT2D eigenvalue weighted by atomic mass is 10.2. The van der Waals surface area contributed by atoms with Crippen LogP contribution in [0.3, 0.4) is 0 Å². The summed E-state index contributed by atoms with van der Waals surface area (Å²) >= 11 is 1.87. The molecule has 0 aliphatic carbocycles. The summed E-state index contributed by atoms with van der Waals surface area (Å²) in [5.41, 5.74) is 1.20. The molecular weight excluding hydrogens is 230 g/mol. The van der Waals surface area contributed by atoms with Crippen molar-refractivity contribution in [2.24, 2.45) is 0 Å². The van der Waals surface area contributed by atoms with Crippen LogP contribution in [-0.4, -0.2) is 24.6 Å². The van der Waals surface area contributed by atoms with Crippen molar-refractivity contribution in [3.63, 3.8) is 0 Å². The van der Waals surface area contributed by atoms with E-state index in [9.17, 15) is 0 Å². The van der Waals surface area contributed by atoms with E-state index in [4.69, 9.17) is 4.98 Å². The Hall–Kier alpha value is -0.610. The fraction of sp³-hybridized carbons (Fsp3) is 0.769. The third-order valence-electron chi connectivity index (χ3n) is 3.29. The van der Waals surface area contributed by atoms with Gasteiger partial charge in [-0.3, -0.25) is 0 Å². The van der Waals surface area contributed by atoms with Gasteiger partial charge in [0.15, 0.2) is 5.13 Å². The van der Waals surface area contributed by atoms with Crippen LogP contribution in [0.2, 0.25) is 0 Å². The standard InChI is InChI=1S/C13H23N3S/c1-3-14-10-12-11(2)15-13(17-12)16-8-6-4-5-7-9-16/h14H,3-10H2,1-2H3. The first kappa shape index (κ1) is 12.8. The van der Waals surface area contributed by atoms with Gasteiger partial charge in [0.05, 0.1) is 5.69 Å². The zero-order valence-corrected chi connectivity index (χ0v) is 11.8. The maximum absolute atomic E-state index is 4.73. The average Bonchev–Trinajstić information content (AvgIpc) is 2.57. The van der Waals surface area contributed by atoms with Crippen molar-refractivity contribution in [2.75, 3.05) is 24.5 Å². The van der Waals surface area contributed by atoms with E-state index in [1.165, 1.54) is 54.5 Å². The minimum absolute atomic E-state index is 0.966. The van der Waals surface area contributed by atoms with E-state index in [1.54, 1.807) is 0 Å². The van der Waals surface area contributed by atoms with E-state index in [1.807, 2.05) is 11.3 Å². The van der Waals surface area contributed by atoms with Gasteiger partial charge >= 0.3 is 0 Å². The largest absolute Gasteiger partial charge is 0.348 e. The second kappa shape index (κ2) is 6.36. The molecule has 0 atom stereocenters. The van der Waals surface area contributed by atoms with Gasteiger partial charge in [-0.25, -0.2) is 4.98 Å². The fourth-order valence-electron chi connectivity index (χ4n) is 2.21. The number of aromatic nitrogens is 1. The van der Waals surface area contributed by atoms with Gasteiger partial charge in [-0.05, 0) is 26.3 Å². The lowest BCUT2D eigenvalue weighted by molar-refractivity contribution is 0.726. The van der Waals surface area contributed by atoms with Crippen LogP contribution in [-0.2, 0) is 6.54 Å². The summed E-state index contributed by atoms with van der Waals surface area (Å²) in [6.07, 6.45) is 5.40. The van der Waals surface area contributed by atoms with Crippen molar-refractivity contribution in [1.29, 1.82) is 0 Å². The normalized spacial score (nSPS) is 17.2. The van der Waals surface area contributed by atoms with Crippen LogP contribution in [0.1, 0.15) is 43.2 Å². The Morgan fingerprint density at radius 3 is 2.59 bits per heavy atom. The SMILES string of the molecule is CCNCc1sc(N2CCCCCC2)nc1C. The highest BCUT2D eigenvalue weighted by atomic mass is 32.1. The van der Waals surface area contributed by atoms with Crippen molar-refractivity contribution in [1.82, 2.24) is 10.3 Å². The predicted molar refractivity (Wildman–Crippen MR) is 74.9 cm³/mol. The van der Waals surface area contributed by atoms with Crippen molar-refractivity contribution in [3.05, 3.63) is 10.6 Å². The molecule has 0 saturated carbocycles. The van der Waals surface area contributed by atoms with Gasteiger partial charge in [0.1, 0.15) is 0 Å².